The van der Waals surface area contributed by atoms with Gasteiger partial charge in [-0.1, -0.05) is 42.1 Å². The summed E-state index contributed by atoms with van der Waals surface area (Å²) in [4.78, 5) is 30.1. The molecule has 2 N–H and O–H groups in total. The zero-order valence-corrected chi connectivity index (χ0v) is 22.0. The number of hydrogen-bond donors (Lipinski definition) is 2. The van der Waals surface area contributed by atoms with Gasteiger partial charge in [0.05, 0.1) is 11.1 Å². The van der Waals surface area contributed by atoms with Crippen molar-refractivity contribution in [3.8, 4) is 0 Å². The number of nitrogens with zero attached hydrogens (tertiary/aromatic N) is 4. The summed E-state index contributed by atoms with van der Waals surface area (Å²) in [5.41, 5.74) is 1.57. The molecule has 0 aliphatic heterocycles. The standard InChI is InChI=1S/C29H32N6OS/c1-35(2)26-23-11-6-7-13-25(23)33-29(34-26)32-21-16-14-20(15-17-21)19-31-27(36)24-12-8-18-30-28(24)37-22-9-4-3-5-10-22/h3-13,18,20-21H,14-17,19H2,1-2H3,(H,31,36)(H,32,33,34). The third-order valence-corrected chi connectivity index (χ3v) is 7.74. The zero-order valence-electron chi connectivity index (χ0n) is 21.2. The van der Waals surface area contributed by atoms with Gasteiger partial charge in [0.25, 0.3) is 5.91 Å². The molecule has 2 aromatic heterocycles. The van der Waals surface area contributed by atoms with E-state index in [2.05, 4.69) is 21.7 Å². The second kappa shape index (κ2) is 11.6. The van der Waals surface area contributed by atoms with Gasteiger partial charge in [-0.25, -0.2) is 9.97 Å². The fourth-order valence-electron chi connectivity index (χ4n) is 4.74. The Bertz CT molecular complexity index is 1360. The number of pyridine rings is 1. The summed E-state index contributed by atoms with van der Waals surface area (Å²) in [6, 6.07) is 22.1. The Hall–Kier alpha value is -3.65. The summed E-state index contributed by atoms with van der Waals surface area (Å²) in [7, 11) is 4.01. The molecule has 2 aromatic carbocycles. The Labute approximate surface area is 222 Å². The minimum absolute atomic E-state index is 0.0624. The SMILES string of the molecule is CN(C)c1nc(NC2CCC(CNC(=O)c3cccnc3Sc3ccccc3)CC2)nc2ccccc12. The van der Waals surface area contributed by atoms with Crippen molar-refractivity contribution in [2.24, 2.45) is 5.92 Å². The van der Waals surface area contributed by atoms with Crippen molar-refractivity contribution in [2.75, 3.05) is 30.9 Å². The molecule has 1 amide bonds. The van der Waals surface area contributed by atoms with E-state index in [1.165, 1.54) is 11.8 Å². The van der Waals surface area contributed by atoms with Crippen molar-refractivity contribution in [3.05, 3.63) is 78.5 Å². The molecule has 1 aliphatic rings. The number of para-hydroxylation sites is 1. The molecule has 1 saturated carbocycles. The molecular formula is C29H32N6OS. The first-order valence-corrected chi connectivity index (χ1v) is 13.5. The Kier molecular flexibility index (Phi) is 7.84. The number of amides is 1. The fraction of sp³-hybridized carbons (Fsp3) is 0.310. The number of benzene rings is 2. The number of anilines is 2. The Morgan fingerprint density at radius 1 is 0.946 bits per heavy atom. The average Bonchev–Trinajstić information content (AvgIpc) is 2.93. The molecule has 0 radical (unpaired) electrons. The predicted molar refractivity (Wildman–Crippen MR) is 150 cm³/mol. The van der Waals surface area contributed by atoms with E-state index >= 15 is 0 Å². The average molecular weight is 513 g/mol. The van der Waals surface area contributed by atoms with Gasteiger partial charge in [-0.15, -0.1) is 0 Å². The molecule has 8 heteroatoms. The van der Waals surface area contributed by atoms with Crippen LogP contribution >= 0.6 is 11.8 Å². The van der Waals surface area contributed by atoms with Crippen LogP contribution < -0.4 is 15.5 Å². The lowest BCUT2D eigenvalue weighted by Crippen LogP contribution is -2.34. The summed E-state index contributed by atoms with van der Waals surface area (Å²) in [5, 5.41) is 8.50. The van der Waals surface area contributed by atoms with E-state index in [9.17, 15) is 4.79 Å². The van der Waals surface area contributed by atoms with Gasteiger partial charge in [-0.05, 0) is 68.0 Å². The molecule has 1 fully saturated rings. The molecular weight excluding hydrogens is 480 g/mol. The smallest absolute Gasteiger partial charge is 0.254 e. The van der Waals surface area contributed by atoms with Gasteiger partial charge >= 0.3 is 0 Å². The highest BCUT2D eigenvalue weighted by molar-refractivity contribution is 7.99. The number of nitrogens with one attached hydrogen (secondary N) is 2. The molecule has 7 nitrogen and oxygen atoms in total. The second-order valence-electron chi connectivity index (χ2n) is 9.63. The molecule has 5 rings (SSSR count). The Morgan fingerprint density at radius 2 is 1.70 bits per heavy atom. The van der Waals surface area contributed by atoms with Gasteiger partial charge in [0.1, 0.15) is 10.8 Å². The monoisotopic (exact) mass is 512 g/mol. The molecule has 37 heavy (non-hydrogen) atoms. The first kappa shape index (κ1) is 25.0. The molecule has 0 saturated heterocycles. The minimum atomic E-state index is -0.0624. The van der Waals surface area contributed by atoms with Crippen LogP contribution in [0.1, 0.15) is 36.0 Å². The molecule has 1 aliphatic carbocycles. The highest BCUT2D eigenvalue weighted by Gasteiger charge is 2.23. The Balaban J connectivity index is 1.15. The van der Waals surface area contributed by atoms with E-state index in [-0.39, 0.29) is 5.91 Å². The van der Waals surface area contributed by atoms with Crippen molar-refractivity contribution < 1.29 is 4.79 Å². The van der Waals surface area contributed by atoms with Crippen LogP contribution in [0.4, 0.5) is 11.8 Å². The largest absolute Gasteiger partial charge is 0.362 e. The van der Waals surface area contributed by atoms with Crippen molar-refractivity contribution in [3.63, 3.8) is 0 Å². The van der Waals surface area contributed by atoms with E-state index < -0.39 is 0 Å². The Morgan fingerprint density at radius 3 is 2.49 bits per heavy atom. The van der Waals surface area contributed by atoms with Gasteiger partial charge < -0.3 is 15.5 Å². The lowest BCUT2D eigenvalue weighted by Gasteiger charge is -2.29. The summed E-state index contributed by atoms with van der Waals surface area (Å²) < 4.78 is 0. The molecule has 0 spiro atoms. The van der Waals surface area contributed by atoms with Crippen molar-refractivity contribution in [1.82, 2.24) is 20.3 Å². The van der Waals surface area contributed by atoms with Crippen LogP contribution in [0.5, 0.6) is 0 Å². The topological polar surface area (TPSA) is 83.0 Å². The number of rotatable bonds is 8. The summed E-state index contributed by atoms with van der Waals surface area (Å²) in [6.45, 7) is 0.674. The highest BCUT2D eigenvalue weighted by Crippen LogP contribution is 2.30. The molecule has 190 valence electrons. The maximum absolute atomic E-state index is 13.0. The summed E-state index contributed by atoms with van der Waals surface area (Å²) >= 11 is 1.51. The number of aromatic nitrogens is 3. The van der Waals surface area contributed by atoms with Crippen LogP contribution in [0.25, 0.3) is 10.9 Å². The minimum Gasteiger partial charge on any atom is -0.362 e. The van der Waals surface area contributed by atoms with Crippen molar-refractivity contribution >= 4 is 40.3 Å². The van der Waals surface area contributed by atoms with Crippen LogP contribution in [-0.2, 0) is 0 Å². The van der Waals surface area contributed by atoms with E-state index in [1.807, 2.05) is 79.7 Å². The number of hydrogen-bond acceptors (Lipinski definition) is 7. The number of carbonyl (C=O) groups is 1. The summed E-state index contributed by atoms with van der Waals surface area (Å²) in [5.74, 6) is 2.00. The lowest BCUT2D eigenvalue weighted by molar-refractivity contribution is 0.0939. The van der Waals surface area contributed by atoms with Crippen LogP contribution in [0, 0.1) is 5.92 Å². The van der Waals surface area contributed by atoms with Crippen LogP contribution in [0.2, 0.25) is 0 Å². The molecule has 4 aromatic rings. The van der Waals surface area contributed by atoms with Gasteiger partial charge in [-0.2, -0.15) is 4.98 Å². The van der Waals surface area contributed by atoms with Crippen molar-refractivity contribution in [2.45, 2.75) is 41.6 Å². The van der Waals surface area contributed by atoms with Gasteiger partial charge in [0, 0.05) is 43.2 Å². The number of fused-ring (bicyclic) bond motifs is 1. The predicted octanol–water partition coefficient (Wildman–Crippen LogP) is 5.64. The quantitative estimate of drug-likeness (QED) is 0.316. The van der Waals surface area contributed by atoms with E-state index in [0.29, 0.717) is 30.0 Å². The third-order valence-electron chi connectivity index (χ3n) is 6.71. The maximum Gasteiger partial charge on any atom is 0.254 e. The van der Waals surface area contributed by atoms with Crippen LogP contribution in [-0.4, -0.2) is 47.5 Å². The van der Waals surface area contributed by atoms with Crippen LogP contribution in [0.3, 0.4) is 0 Å². The fourth-order valence-corrected chi connectivity index (χ4v) is 5.64. The summed E-state index contributed by atoms with van der Waals surface area (Å²) in [6.07, 6.45) is 5.87. The molecule has 0 atom stereocenters. The molecule has 0 unspecified atom stereocenters. The van der Waals surface area contributed by atoms with E-state index in [0.717, 1.165) is 52.3 Å². The zero-order chi connectivity index (χ0) is 25.6. The first-order valence-electron chi connectivity index (χ1n) is 12.7. The third kappa shape index (κ3) is 6.20. The number of carbonyl (C=O) groups excluding carboxylic acids is 1. The highest BCUT2D eigenvalue weighted by atomic mass is 32.2. The normalized spacial score (nSPS) is 17.4. The molecule has 2 heterocycles. The second-order valence-corrected chi connectivity index (χ2v) is 10.7. The van der Waals surface area contributed by atoms with Crippen molar-refractivity contribution in [1.29, 1.82) is 0 Å². The van der Waals surface area contributed by atoms with Crippen LogP contribution in [0.15, 0.2) is 82.8 Å². The van der Waals surface area contributed by atoms with E-state index in [4.69, 9.17) is 9.97 Å². The molecule has 0 bridgehead atoms. The first-order chi connectivity index (χ1) is 18.1. The van der Waals surface area contributed by atoms with Gasteiger partial charge in [0.2, 0.25) is 5.95 Å². The van der Waals surface area contributed by atoms with Gasteiger partial charge in [0.15, 0.2) is 0 Å². The lowest BCUT2D eigenvalue weighted by atomic mass is 9.86. The van der Waals surface area contributed by atoms with Gasteiger partial charge in [-0.3, -0.25) is 4.79 Å². The van der Waals surface area contributed by atoms with E-state index in [1.54, 1.807) is 6.20 Å². The maximum atomic E-state index is 13.0.